The predicted octanol–water partition coefficient (Wildman–Crippen LogP) is 5.78. The Morgan fingerprint density at radius 1 is 0.919 bits per heavy atom. The minimum atomic E-state index is -0.383. The molecule has 0 atom stereocenters. The summed E-state index contributed by atoms with van der Waals surface area (Å²) in [6.45, 7) is 2.28. The van der Waals surface area contributed by atoms with Crippen molar-refractivity contribution in [1.82, 2.24) is 9.80 Å². The number of halogens is 2. The predicted molar refractivity (Wildman–Crippen MR) is 143 cm³/mol. The Morgan fingerprint density at radius 2 is 1.62 bits per heavy atom. The van der Waals surface area contributed by atoms with E-state index >= 15 is 0 Å². The van der Waals surface area contributed by atoms with Crippen molar-refractivity contribution in [2.75, 3.05) is 13.1 Å². The molecule has 4 aromatic rings. The molecule has 37 heavy (non-hydrogen) atoms. The summed E-state index contributed by atoms with van der Waals surface area (Å²) >= 11 is 3.37. The lowest BCUT2D eigenvalue weighted by Gasteiger charge is -2.28. The third kappa shape index (κ3) is 6.51. The zero-order valence-electron chi connectivity index (χ0n) is 20.3. The number of amides is 2. The van der Waals surface area contributed by atoms with Gasteiger partial charge in [-0.3, -0.25) is 14.4 Å². The van der Waals surface area contributed by atoms with Crippen LogP contribution in [0.3, 0.4) is 0 Å². The van der Waals surface area contributed by atoms with E-state index in [0.717, 1.165) is 4.47 Å². The van der Waals surface area contributed by atoms with E-state index in [1.807, 2.05) is 6.92 Å². The van der Waals surface area contributed by atoms with Gasteiger partial charge in [-0.05, 0) is 60.5 Å². The average molecular weight is 565 g/mol. The van der Waals surface area contributed by atoms with Gasteiger partial charge in [0, 0.05) is 23.1 Å². The maximum Gasteiger partial charge on any atom is 0.254 e. The Balaban J connectivity index is 1.62. The summed E-state index contributed by atoms with van der Waals surface area (Å²) in [5, 5.41) is 0.423. The molecule has 0 saturated carbocycles. The monoisotopic (exact) mass is 564 g/mol. The number of nitrogens with zero attached hydrogens (tertiary/aromatic N) is 2. The molecule has 2 amide bonds. The highest BCUT2D eigenvalue weighted by atomic mass is 79.9. The molecule has 0 aliphatic heterocycles. The van der Waals surface area contributed by atoms with Gasteiger partial charge in [0.25, 0.3) is 5.91 Å². The summed E-state index contributed by atoms with van der Waals surface area (Å²) in [7, 11) is 0. The number of fused-ring (bicyclic) bond motifs is 1. The van der Waals surface area contributed by atoms with Gasteiger partial charge < -0.3 is 14.2 Å². The third-order valence-electron chi connectivity index (χ3n) is 5.95. The fourth-order valence-corrected chi connectivity index (χ4v) is 4.30. The molecule has 0 spiro atoms. The molecule has 0 aliphatic carbocycles. The Hall–Kier alpha value is -3.78. The van der Waals surface area contributed by atoms with Crippen LogP contribution in [0.15, 0.2) is 92.7 Å². The fourth-order valence-electron chi connectivity index (χ4n) is 4.04. The number of benzene rings is 3. The molecule has 6 nitrogen and oxygen atoms in total. The van der Waals surface area contributed by atoms with Gasteiger partial charge in [0.1, 0.15) is 17.9 Å². The first-order valence-electron chi connectivity index (χ1n) is 11.9. The molecule has 0 unspecified atom stereocenters. The van der Waals surface area contributed by atoms with Crippen LogP contribution in [-0.2, 0) is 17.9 Å². The number of carbonyl (C=O) groups excluding carboxylic acids is 2. The van der Waals surface area contributed by atoms with Crippen molar-refractivity contribution in [3.05, 3.63) is 116 Å². The van der Waals surface area contributed by atoms with Gasteiger partial charge in [0.15, 0.2) is 5.43 Å². The summed E-state index contributed by atoms with van der Waals surface area (Å²) in [6, 6.07) is 19.7. The summed E-state index contributed by atoms with van der Waals surface area (Å²) in [5.74, 6) is -0.975. The van der Waals surface area contributed by atoms with Crippen LogP contribution in [0.1, 0.15) is 34.8 Å². The van der Waals surface area contributed by atoms with Crippen molar-refractivity contribution in [3.63, 3.8) is 0 Å². The SMILES string of the molecule is CCCN(CC(=O)N(Cc1ccc(F)cc1)Cc1coc2ccccc2c1=O)C(=O)c1ccc(Br)cc1. The van der Waals surface area contributed by atoms with E-state index < -0.39 is 0 Å². The van der Waals surface area contributed by atoms with Crippen LogP contribution in [0.25, 0.3) is 11.0 Å². The van der Waals surface area contributed by atoms with Gasteiger partial charge in [-0.1, -0.05) is 47.1 Å². The van der Waals surface area contributed by atoms with Crippen molar-refractivity contribution in [2.24, 2.45) is 0 Å². The van der Waals surface area contributed by atoms with Gasteiger partial charge in [0.05, 0.1) is 23.8 Å². The first-order valence-corrected chi connectivity index (χ1v) is 12.7. The molecule has 0 bridgehead atoms. The lowest BCUT2D eigenvalue weighted by atomic mass is 10.1. The molecule has 3 aromatic carbocycles. The van der Waals surface area contributed by atoms with Crippen LogP contribution in [0, 0.1) is 5.82 Å². The van der Waals surface area contributed by atoms with E-state index in [-0.39, 0.29) is 42.7 Å². The van der Waals surface area contributed by atoms with Gasteiger partial charge >= 0.3 is 0 Å². The second kappa shape index (κ2) is 12.0. The van der Waals surface area contributed by atoms with Crippen molar-refractivity contribution in [1.29, 1.82) is 0 Å². The molecular formula is C29H26BrFN2O4. The van der Waals surface area contributed by atoms with Crippen molar-refractivity contribution in [3.8, 4) is 0 Å². The zero-order valence-corrected chi connectivity index (χ0v) is 21.9. The first kappa shape index (κ1) is 26.3. The third-order valence-corrected chi connectivity index (χ3v) is 6.48. The lowest BCUT2D eigenvalue weighted by molar-refractivity contribution is -0.133. The van der Waals surface area contributed by atoms with E-state index in [0.29, 0.717) is 40.6 Å². The van der Waals surface area contributed by atoms with Crippen LogP contribution in [-0.4, -0.2) is 34.7 Å². The second-order valence-corrected chi connectivity index (χ2v) is 9.61. The van der Waals surface area contributed by atoms with Crippen LogP contribution in [0.2, 0.25) is 0 Å². The molecule has 0 aliphatic rings. The van der Waals surface area contributed by atoms with Gasteiger partial charge in [-0.25, -0.2) is 4.39 Å². The van der Waals surface area contributed by atoms with Crippen LogP contribution in [0.4, 0.5) is 4.39 Å². The normalized spacial score (nSPS) is 10.9. The summed E-state index contributed by atoms with van der Waals surface area (Å²) in [5.41, 5.74) is 1.72. The molecule has 0 radical (unpaired) electrons. The minimum Gasteiger partial charge on any atom is -0.464 e. The van der Waals surface area contributed by atoms with Gasteiger partial charge in [-0.2, -0.15) is 0 Å². The van der Waals surface area contributed by atoms with Gasteiger partial charge in [0.2, 0.25) is 5.91 Å². The highest BCUT2D eigenvalue weighted by Crippen LogP contribution is 2.16. The van der Waals surface area contributed by atoms with Crippen LogP contribution >= 0.6 is 15.9 Å². The molecule has 1 heterocycles. The molecule has 0 N–H and O–H groups in total. The summed E-state index contributed by atoms with van der Waals surface area (Å²) < 4.78 is 20.0. The van der Waals surface area contributed by atoms with E-state index in [1.165, 1.54) is 28.2 Å². The second-order valence-electron chi connectivity index (χ2n) is 8.70. The summed E-state index contributed by atoms with van der Waals surface area (Å²) in [4.78, 5) is 42.9. The largest absolute Gasteiger partial charge is 0.464 e. The van der Waals surface area contributed by atoms with E-state index in [2.05, 4.69) is 15.9 Å². The quantitative estimate of drug-likeness (QED) is 0.258. The standard InChI is InChI=1S/C29H26BrFN2O4/c1-2-15-32(29(36)21-9-11-23(30)12-10-21)18-27(34)33(16-20-7-13-24(31)14-8-20)17-22-19-37-26-6-4-3-5-25(26)28(22)35/h3-14,19H,2,15-18H2,1H3. The highest BCUT2D eigenvalue weighted by Gasteiger charge is 2.23. The summed E-state index contributed by atoms with van der Waals surface area (Å²) in [6.07, 6.45) is 2.04. The molecule has 0 fully saturated rings. The maximum absolute atomic E-state index is 13.6. The smallest absolute Gasteiger partial charge is 0.254 e. The van der Waals surface area contributed by atoms with E-state index in [1.54, 1.807) is 60.7 Å². The Labute approximate surface area is 222 Å². The molecule has 0 saturated heterocycles. The van der Waals surface area contributed by atoms with E-state index in [9.17, 15) is 18.8 Å². The fraction of sp³-hybridized carbons (Fsp3) is 0.207. The Morgan fingerprint density at radius 3 is 2.32 bits per heavy atom. The molecule has 4 rings (SSSR count). The minimum absolute atomic E-state index is 0.0180. The van der Waals surface area contributed by atoms with E-state index in [4.69, 9.17) is 4.42 Å². The molecule has 8 heteroatoms. The number of hydrogen-bond acceptors (Lipinski definition) is 4. The van der Waals surface area contributed by atoms with Crippen molar-refractivity contribution >= 4 is 38.7 Å². The highest BCUT2D eigenvalue weighted by molar-refractivity contribution is 9.10. The number of hydrogen-bond donors (Lipinski definition) is 0. The molecule has 1 aromatic heterocycles. The lowest BCUT2D eigenvalue weighted by Crippen LogP contribution is -2.43. The Bertz CT molecular complexity index is 1450. The first-order chi connectivity index (χ1) is 17.9. The number of para-hydroxylation sites is 1. The number of rotatable bonds is 9. The average Bonchev–Trinajstić information content (AvgIpc) is 2.91. The maximum atomic E-state index is 13.6. The zero-order chi connectivity index (χ0) is 26.4. The van der Waals surface area contributed by atoms with Crippen LogP contribution in [0.5, 0.6) is 0 Å². The van der Waals surface area contributed by atoms with Gasteiger partial charge in [-0.15, -0.1) is 0 Å². The topological polar surface area (TPSA) is 70.8 Å². The molecular weight excluding hydrogens is 539 g/mol. The van der Waals surface area contributed by atoms with Crippen molar-refractivity contribution < 1.29 is 18.4 Å². The number of carbonyl (C=O) groups is 2. The molecule has 190 valence electrons. The Kier molecular flexibility index (Phi) is 8.50. The van der Waals surface area contributed by atoms with Crippen LogP contribution < -0.4 is 5.43 Å². The van der Waals surface area contributed by atoms with Crippen molar-refractivity contribution in [2.45, 2.75) is 26.4 Å².